The Hall–Kier alpha value is -1.78. The number of ketones is 1. The molecule has 0 saturated carbocycles. The minimum atomic E-state index is -4.40. The Morgan fingerprint density at radius 2 is 1.95 bits per heavy atom. The number of aromatic nitrogens is 1. The molecule has 0 aliphatic heterocycles. The molecule has 2 aromatic rings. The highest BCUT2D eigenvalue weighted by molar-refractivity contribution is 5.87. The lowest BCUT2D eigenvalue weighted by atomic mass is 10.1. The second kappa shape index (κ2) is 4.96. The molecule has 0 fully saturated rings. The molecule has 0 bridgehead atoms. The second-order valence-corrected chi connectivity index (χ2v) is 5.22. The topological polar surface area (TPSA) is 22.0 Å². The van der Waals surface area contributed by atoms with Crippen molar-refractivity contribution in [3.8, 4) is 0 Å². The van der Waals surface area contributed by atoms with E-state index in [1.807, 2.05) is 13.8 Å². The molecule has 0 saturated heterocycles. The van der Waals surface area contributed by atoms with E-state index in [4.69, 9.17) is 0 Å². The Balaban J connectivity index is 2.80. The quantitative estimate of drug-likeness (QED) is 0.819. The van der Waals surface area contributed by atoms with Crippen molar-refractivity contribution in [3.05, 3.63) is 35.5 Å². The molecule has 1 aromatic carbocycles. The predicted molar refractivity (Wildman–Crippen MR) is 71.7 cm³/mol. The maximum absolute atomic E-state index is 13.2. The van der Waals surface area contributed by atoms with Gasteiger partial charge in [0.2, 0.25) is 0 Å². The molecule has 2 nitrogen and oxygen atoms in total. The van der Waals surface area contributed by atoms with Gasteiger partial charge in [-0.15, -0.1) is 0 Å². The van der Waals surface area contributed by atoms with E-state index in [0.717, 1.165) is 6.07 Å². The average Bonchev–Trinajstić information content (AvgIpc) is 2.63. The number of hydrogen-bond acceptors (Lipinski definition) is 1. The van der Waals surface area contributed by atoms with Crippen molar-refractivity contribution in [1.29, 1.82) is 0 Å². The first-order chi connectivity index (χ1) is 9.21. The maximum Gasteiger partial charge on any atom is 0.418 e. The molecule has 2 rings (SSSR count). The molecular formula is C15H16F3NO. The molecular weight excluding hydrogens is 267 g/mol. The van der Waals surface area contributed by atoms with Crippen LogP contribution in [0, 0.1) is 0 Å². The first-order valence-electron chi connectivity index (χ1n) is 6.41. The molecule has 0 atom stereocenters. The van der Waals surface area contributed by atoms with E-state index in [9.17, 15) is 18.0 Å². The number of fused-ring (bicyclic) bond motifs is 1. The van der Waals surface area contributed by atoms with Crippen LogP contribution in [0.5, 0.6) is 0 Å². The van der Waals surface area contributed by atoms with Crippen LogP contribution >= 0.6 is 0 Å². The third kappa shape index (κ3) is 2.57. The van der Waals surface area contributed by atoms with Crippen LogP contribution in [0.3, 0.4) is 0 Å². The molecule has 20 heavy (non-hydrogen) atoms. The van der Waals surface area contributed by atoms with Gasteiger partial charge in [-0.3, -0.25) is 4.79 Å². The van der Waals surface area contributed by atoms with Gasteiger partial charge in [-0.05, 0) is 32.9 Å². The summed E-state index contributed by atoms with van der Waals surface area (Å²) < 4.78 is 41.1. The molecule has 0 amide bonds. The number of Topliss-reactive ketones (excluding diaryl/α,β-unsaturated/α-hetero) is 1. The van der Waals surface area contributed by atoms with Crippen molar-refractivity contribution < 1.29 is 18.0 Å². The zero-order chi connectivity index (χ0) is 15.1. The Bertz CT molecular complexity index is 653. The van der Waals surface area contributed by atoms with Crippen LogP contribution in [0.1, 0.15) is 38.1 Å². The van der Waals surface area contributed by atoms with Gasteiger partial charge in [-0.25, -0.2) is 0 Å². The molecule has 108 valence electrons. The van der Waals surface area contributed by atoms with Crippen LogP contribution in [-0.4, -0.2) is 10.4 Å². The van der Waals surface area contributed by atoms with E-state index in [1.165, 1.54) is 13.0 Å². The normalized spacial score (nSPS) is 12.3. The lowest BCUT2D eigenvalue weighted by molar-refractivity contribution is -0.136. The number of para-hydroxylation sites is 1. The summed E-state index contributed by atoms with van der Waals surface area (Å²) in [6.45, 7) is 5.07. The van der Waals surface area contributed by atoms with Crippen molar-refractivity contribution in [2.45, 2.75) is 39.4 Å². The van der Waals surface area contributed by atoms with E-state index in [-0.39, 0.29) is 23.8 Å². The van der Waals surface area contributed by atoms with E-state index < -0.39 is 11.7 Å². The van der Waals surface area contributed by atoms with Gasteiger partial charge in [0.05, 0.1) is 11.1 Å². The number of nitrogens with zero attached hydrogens (tertiary/aromatic N) is 1. The Morgan fingerprint density at radius 3 is 2.45 bits per heavy atom. The lowest BCUT2D eigenvalue weighted by Gasteiger charge is -2.17. The summed E-state index contributed by atoms with van der Waals surface area (Å²) in [4.78, 5) is 11.3. The van der Waals surface area contributed by atoms with Gasteiger partial charge >= 0.3 is 6.18 Å². The minimum absolute atomic E-state index is 0.0664. The summed E-state index contributed by atoms with van der Waals surface area (Å²) in [5.74, 6) is -0.0664. The highest BCUT2D eigenvalue weighted by Gasteiger charge is 2.34. The first kappa shape index (κ1) is 14.6. The zero-order valence-electron chi connectivity index (χ0n) is 11.6. The highest BCUT2D eigenvalue weighted by Crippen LogP contribution is 2.37. The molecule has 0 aliphatic carbocycles. The summed E-state index contributed by atoms with van der Waals surface area (Å²) in [5.41, 5.74) is 0.129. The number of carbonyl (C=O) groups is 1. The number of halogens is 3. The number of rotatable bonds is 3. The summed E-state index contributed by atoms with van der Waals surface area (Å²) in [6.07, 6.45) is -4.26. The van der Waals surface area contributed by atoms with Gasteiger partial charge in [-0.1, -0.05) is 12.1 Å². The van der Waals surface area contributed by atoms with Crippen molar-refractivity contribution in [3.63, 3.8) is 0 Å². The molecule has 0 spiro atoms. The minimum Gasteiger partial charge on any atom is -0.341 e. The summed E-state index contributed by atoms with van der Waals surface area (Å²) in [5, 5.41) is 0.518. The van der Waals surface area contributed by atoms with Crippen molar-refractivity contribution in [2.24, 2.45) is 0 Å². The number of benzene rings is 1. The van der Waals surface area contributed by atoms with Crippen molar-refractivity contribution in [1.82, 2.24) is 4.57 Å². The van der Waals surface area contributed by atoms with Gasteiger partial charge in [0, 0.05) is 23.5 Å². The van der Waals surface area contributed by atoms with Crippen LogP contribution in [0.15, 0.2) is 24.3 Å². The van der Waals surface area contributed by atoms with Crippen molar-refractivity contribution in [2.75, 3.05) is 0 Å². The SMILES string of the molecule is CC(=O)Cc1cc2cccc(C(F)(F)F)c2n1C(C)C. The fraction of sp³-hybridized carbons (Fsp3) is 0.400. The number of carbonyl (C=O) groups excluding carboxylic acids is 1. The summed E-state index contributed by atoms with van der Waals surface area (Å²) in [7, 11) is 0. The zero-order valence-corrected chi connectivity index (χ0v) is 11.6. The van der Waals surface area contributed by atoms with Gasteiger partial charge in [-0.2, -0.15) is 13.2 Å². The van der Waals surface area contributed by atoms with Crippen molar-refractivity contribution >= 4 is 16.7 Å². The van der Waals surface area contributed by atoms with Gasteiger partial charge in [0.15, 0.2) is 0 Å². The molecule has 0 unspecified atom stereocenters. The van der Waals surface area contributed by atoms with E-state index in [2.05, 4.69) is 0 Å². The number of hydrogen-bond donors (Lipinski definition) is 0. The van der Waals surface area contributed by atoms with Crippen LogP contribution < -0.4 is 0 Å². The molecule has 1 heterocycles. The van der Waals surface area contributed by atoms with Gasteiger partial charge in [0.25, 0.3) is 0 Å². The Labute approximate surface area is 115 Å². The standard InChI is InChI=1S/C15H16F3NO/c1-9(2)19-12(7-10(3)20)8-11-5-4-6-13(14(11)19)15(16,17)18/h4-6,8-9H,7H2,1-3H3. The maximum atomic E-state index is 13.2. The summed E-state index contributed by atoms with van der Waals surface area (Å²) >= 11 is 0. The largest absolute Gasteiger partial charge is 0.418 e. The average molecular weight is 283 g/mol. The van der Waals surface area contributed by atoms with Gasteiger partial charge in [0.1, 0.15) is 5.78 Å². The molecule has 0 aliphatic rings. The second-order valence-electron chi connectivity index (χ2n) is 5.22. The monoisotopic (exact) mass is 283 g/mol. The first-order valence-corrected chi connectivity index (χ1v) is 6.41. The van der Waals surface area contributed by atoms with E-state index in [0.29, 0.717) is 11.1 Å². The molecule has 1 aromatic heterocycles. The Kier molecular flexibility index (Phi) is 3.63. The van der Waals surface area contributed by atoms with E-state index in [1.54, 1.807) is 16.7 Å². The third-order valence-corrected chi connectivity index (χ3v) is 3.19. The smallest absolute Gasteiger partial charge is 0.341 e. The fourth-order valence-corrected chi connectivity index (χ4v) is 2.55. The molecule has 0 radical (unpaired) electrons. The van der Waals surface area contributed by atoms with Gasteiger partial charge < -0.3 is 4.57 Å². The predicted octanol–water partition coefficient (Wildman–Crippen LogP) is 4.37. The van der Waals surface area contributed by atoms with E-state index >= 15 is 0 Å². The number of alkyl halides is 3. The highest BCUT2D eigenvalue weighted by atomic mass is 19.4. The molecule has 0 N–H and O–H groups in total. The van der Waals surface area contributed by atoms with Crippen LogP contribution in [0.2, 0.25) is 0 Å². The van der Waals surface area contributed by atoms with Crippen LogP contribution in [0.4, 0.5) is 13.2 Å². The lowest BCUT2D eigenvalue weighted by Crippen LogP contribution is -2.13. The molecule has 5 heteroatoms. The van der Waals surface area contributed by atoms with Crippen LogP contribution in [0.25, 0.3) is 10.9 Å². The fourth-order valence-electron chi connectivity index (χ4n) is 2.55. The van der Waals surface area contributed by atoms with Crippen LogP contribution in [-0.2, 0) is 17.4 Å². The third-order valence-electron chi connectivity index (χ3n) is 3.19. The Morgan fingerprint density at radius 1 is 1.30 bits per heavy atom. The summed E-state index contributed by atoms with van der Waals surface area (Å²) in [6, 6.07) is 5.65.